The number of amides is 2. The van der Waals surface area contributed by atoms with Crippen LogP contribution in [0.3, 0.4) is 0 Å². The van der Waals surface area contributed by atoms with Crippen LogP contribution in [0.25, 0.3) is 0 Å². The lowest BCUT2D eigenvalue weighted by Gasteiger charge is -2.18. The summed E-state index contributed by atoms with van der Waals surface area (Å²) in [6.45, 7) is 1.33. The van der Waals surface area contributed by atoms with Crippen LogP contribution in [0.2, 0.25) is 0 Å². The van der Waals surface area contributed by atoms with E-state index in [1.165, 1.54) is 6.92 Å². The van der Waals surface area contributed by atoms with Crippen molar-refractivity contribution in [3.8, 4) is 0 Å². The van der Waals surface area contributed by atoms with Crippen LogP contribution in [0.4, 0.5) is 4.79 Å². The van der Waals surface area contributed by atoms with Crippen molar-refractivity contribution in [3.63, 3.8) is 0 Å². The van der Waals surface area contributed by atoms with E-state index < -0.39 is 36.0 Å². The molecule has 9 nitrogen and oxygen atoms in total. The molecule has 0 fully saturated rings. The van der Waals surface area contributed by atoms with E-state index in [1.807, 2.05) is 12.1 Å². The van der Waals surface area contributed by atoms with Crippen LogP contribution in [0.5, 0.6) is 0 Å². The van der Waals surface area contributed by atoms with Crippen LogP contribution < -0.4 is 10.6 Å². The summed E-state index contributed by atoms with van der Waals surface area (Å²) in [4.78, 5) is 47.6. The fourth-order valence-electron chi connectivity index (χ4n) is 2.64. The molecule has 3 N–H and O–H groups in total. The molecule has 0 saturated heterocycles. The SMILES string of the molecule is C[C@H](NC(=O)CC[C@H](NC(=O)OCc1ccccc1)C(=O)OCc1ccccc1)C(=O)O. The minimum atomic E-state index is -1.18. The summed E-state index contributed by atoms with van der Waals surface area (Å²) in [6, 6.07) is 15.8. The van der Waals surface area contributed by atoms with Gasteiger partial charge in [-0.25, -0.2) is 9.59 Å². The van der Waals surface area contributed by atoms with Crippen LogP contribution in [-0.4, -0.2) is 41.1 Å². The third kappa shape index (κ3) is 8.86. The molecule has 32 heavy (non-hydrogen) atoms. The van der Waals surface area contributed by atoms with Crippen molar-refractivity contribution < 1.29 is 33.8 Å². The van der Waals surface area contributed by atoms with E-state index in [0.29, 0.717) is 0 Å². The van der Waals surface area contributed by atoms with E-state index in [1.54, 1.807) is 48.5 Å². The van der Waals surface area contributed by atoms with Gasteiger partial charge in [-0.1, -0.05) is 60.7 Å². The lowest BCUT2D eigenvalue weighted by atomic mass is 10.1. The third-order valence-corrected chi connectivity index (χ3v) is 4.42. The number of ether oxygens (including phenoxy) is 2. The van der Waals surface area contributed by atoms with Gasteiger partial charge >= 0.3 is 18.0 Å². The van der Waals surface area contributed by atoms with Gasteiger partial charge in [0.1, 0.15) is 25.3 Å². The number of carbonyl (C=O) groups excluding carboxylic acids is 3. The molecule has 2 amide bonds. The third-order valence-electron chi connectivity index (χ3n) is 4.42. The van der Waals surface area contributed by atoms with Crippen molar-refractivity contribution in [2.24, 2.45) is 0 Å². The first-order valence-electron chi connectivity index (χ1n) is 10.0. The Morgan fingerprint density at radius 2 is 1.38 bits per heavy atom. The molecule has 0 bridgehead atoms. The lowest BCUT2D eigenvalue weighted by molar-refractivity contribution is -0.148. The summed E-state index contributed by atoms with van der Waals surface area (Å²) in [5.74, 6) is -2.48. The van der Waals surface area contributed by atoms with Crippen LogP contribution in [-0.2, 0) is 37.1 Å². The molecule has 9 heteroatoms. The molecule has 2 rings (SSSR count). The second-order valence-corrected chi connectivity index (χ2v) is 7.02. The van der Waals surface area contributed by atoms with E-state index in [0.717, 1.165) is 11.1 Å². The smallest absolute Gasteiger partial charge is 0.408 e. The number of esters is 1. The van der Waals surface area contributed by atoms with E-state index >= 15 is 0 Å². The van der Waals surface area contributed by atoms with Gasteiger partial charge in [-0.15, -0.1) is 0 Å². The van der Waals surface area contributed by atoms with E-state index in [4.69, 9.17) is 14.6 Å². The van der Waals surface area contributed by atoms with Crippen molar-refractivity contribution in [2.45, 2.75) is 45.1 Å². The van der Waals surface area contributed by atoms with Crippen molar-refractivity contribution >= 4 is 23.9 Å². The van der Waals surface area contributed by atoms with Gasteiger partial charge in [-0.05, 0) is 24.5 Å². The molecule has 0 radical (unpaired) electrons. The molecule has 0 unspecified atom stereocenters. The summed E-state index contributed by atoms with van der Waals surface area (Å²) >= 11 is 0. The van der Waals surface area contributed by atoms with Gasteiger partial charge in [0, 0.05) is 6.42 Å². The molecule has 0 aliphatic carbocycles. The highest BCUT2D eigenvalue weighted by atomic mass is 16.6. The quantitative estimate of drug-likeness (QED) is 0.455. The Morgan fingerprint density at radius 1 is 0.844 bits per heavy atom. The molecule has 0 heterocycles. The molecule has 0 aliphatic rings. The molecule has 0 saturated carbocycles. The molecule has 0 spiro atoms. The standard InChI is InChI=1S/C23H26N2O7/c1-16(21(27)28)24-20(26)13-12-19(22(29)31-14-17-8-4-2-5-9-17)25-23(30)32-15-18-10-6-3-7-11-18/h2-11,16,19H,12-15H2,1H3,(H,24,26)(H,25,30)(H,27,28)/t16-,19-/m0/s1. The molecule has 170 valence electrons. The monoisotopic (exact) mass is 442 g/mol. The molecule has 0 aromatic heterocycles. The maximum atomic E-state index is 12.6. The Labute approximate surface area is 185 Å². The maximum Gasteiger partial charge on any atom is 0.408 e. The largest absolute Gasteiger partial charge is 0.480 e. The van der Waals surface area contributed by atoms with Gasteiger partial charge in [0.15, 0.2) is 0 Å². The molecule has 2 aromatic carbocycles. The molecule has 2 aromatic rings. The number of hydrogen-bond donors (Lipinski definition) is 3. The van der Waals surface area contributed by atoms with Gasteiger partial charge in [0.05, 0.1) is 0 Å². The fourth-order valence-corrected chi connectivity index (χ4v) is 2.64. The number of aliphatic carboxylic acids is 1. The van der Waals surface area contributed by atoms with Gasteiger partial charge in [-0.2, -0.15) is 0 Å². The minimum absolute atomic E-state index is 0.000832. The van der Waals surface area contributed by atoms with Gasteiger partial charge in [-0.3, -0.25) is 9.59 Å². The zero-order chi connectivity index (χ0) is 23.3. The highest BCUT2D eigenvalue weighted by molar-refractivity contribution is 5.85. The summed E-state index contributed by atoms with van der Waals surface area (Å²) in [5, 5.41) is 13.6. The number of carbonyl (C=O) groups is 4. The maximum absolute atomic E-state index is 12.6. The number of alkyl carbamates (subject to hydrolysis) is 1. The normalized spacial score (nSPS) is 12.2. The zero-order valence-corrected chi connectivity index (χ0v) is 17.7. The van der Waals surface area contributed by atoms with Crippen molar-refractivity contribution in [1.29, 1.82) is 0 Å². The second kappa shape index (κ2) is 12.7. The van der Waals surface area contributed by atoms with Crippen molar-refractivity contribution in [1.82, 2.24) is 10.6 Å². The van der Waals surface area contributed by atoms with E-state index in [-0.39, 0.29) is 26.1 Å². The van der Waals surface area contributed by atoms with Crippen molar-refractivity contribution in [3.05, 3.63) is 71.8 Å². The number of nitrogens with one attached hydrogen (secondary N) is 2. The van der Waals surface area contributed by atoms with E-state index in [2.05, 4.69) is 10.6 Å². The predicted molar refractivity (Wildman–Crippen MR) is 114 cm³/mol. The first kappa shape index (κ1) is 24.4. The molecule has 0 aliphatic heterocycles. The Morgan fingerprint density at radius 3 is 1.91 bits per heavy atom. The molecular weight excluding hydrogens is 416 g/mol. The predicted octanol–water partition coefficient (Wildman–Crippen LogP) is 2.39. The van der Waals surface area contributed by atoms with Crippen molar-refractivity contribution in [2.75, 3.05) is 0 Å². The number of rotatable bonds is 11. The number of carboxylic acids is 1. The molecular formula is C23H26N2O7. The Balaban J connectivity index is 1.93. The Kier molecular flexibility index (Phi) is 9.70. The van der Waals surface area contributed by atoms with E-state index in [9.17, 15) is 19.2 Å². The highest BCUT2D eigenvalue weighted by Gasteiger charge is 2.25. The first-order chi connectivity index (χ1) is 15.3. The van der Waals surface area contributed by atoms with Gasteiger partial charge < -0.3 is 25.2 Å². The molecule has 2 atom stereocenters. The Hall–Kier alpha value is -3.88. The number of hydrogen-bond acceptors (Lipinski definition) is 6. The van der Waals surface area contributed by atoms with Crippen LogP contribution in [0, 0.1) is 0 Å². The van der Waals surface area contributed by atoms with Gasteiger partial charge in [0.25, 0.3) is 0 Å². The summed E-state index contributed by atoms with van der Waals surface area (Å²) in [7, 11) is 0. The van der Waals surface area contributed by atoms with Crippen LogP contribution >= 0.6 is 0 Å². The zero-order valence-electron chi connectivity index (χ0n) is 17.7. The topological polar surface area (TPSA) is 131 Å². The fraction of sp³-hybridized carbons (Fsp3) is 0.304. The average molecular weight is 442 g/mol. The van der Waals surface area contributed by atoms with Gasteiger partial charge in [0.2, 0.25) is 5.91 Å². The number of benzene rings is 2. The minimum Gasteiger partial charge on any atom is -0.480 e. The average Bonchev–Trinajstić information content (AvgIpc) is 2.80. The lowest BCUT2D eigenvalue weighted by Crippen LogP contribution is -2.44. The van der Waals surface area contributed by atoms with Crippen LogP contribution in [0.15, 0.2) is 60.7 Å². The van der Waals surface area contributed by atoms with Crippen LogP contribution in [0.1, 0.15) is 30.9 Å². The summed E-state index contributed by atoms with van der Waals surface area (Å²) in [5.41, 5.74) is 1.53. The highest BCUT2D eigenvalue weighted by Crippen LogP contribution is 2.07. The second-order valence-electron chi connectivity index (χ2n) is 7.02. The summed E-state index contributed by atoms with van der Waals surface area (Å²) < 4.78 is 10.4. The Bertz CT molecular complexity index is 903. The summed E-state index contributed by atoms with van der Waals surface area (Å²) in [6.07, 6.45) is -1.12. The first-order valence-corrected chi connectivity index (χ1v) is 10.0. The number of carboxylic acid groups (broad SMARTS) is 1.